The second kappa shape index (κ2) is 6.10. The minimum atomic E-state index is 0.0808. The monoisotopic (exact) mass is 262 g/mol. The maximum atomic E-state index is 12.5. The van der Waals surface area contributed by atoms with Gasteiger partial charge in [-0.25, -0.2) is 0 Å². The molecule has 19 heavy (non-hydrogen) atoms. The van der Waals surface area contributed by atoms with Crippen molar-refractivity contribution < 1.29 is 4.79 Å². The molecule has 0 bridgehead atoms. The Morgan fingerprint density at radius 3 is 3.00 bits per heavy atom. The van der Waals surface area contributed by atoms with E-state index in [0.717, 1.165) is 31.6 Å². The van der Waals surface area contributed by atoms with Gasteiger partial charge in [0.1, 0.15) is 0 Å². The predicted octanol–water partition coefficient (Wildman–Crippen LogP) is 1.29. The quantitative estimate of drug-likeness (QED) is 0.891. The number of amides is 1. The van der Waals surface area contributed by atoms with Gasteiger partial charge in [-0.2, -0.15) is 10.2 Å². The third kappa shape index (κ3) is 3.29. The number of carbonyl (C=O) groups excluding carboxylic acids is 1. The molecule has 0 aromatic carbocycles. The van der Waals surface area contributed by atoms with Gasteiger partial charge in [0.25, 0.3) is 5.91 Å². The Labute approximate surface area is 114 Å². The molecule has 104 valence electrons. The second-order valence-corrected chi connectivity index (χ2v) is 5.32. The molecule has 0 saturated carbocycles. The SMILES string of the molecule is Cc1cc(C(=O)N2CCCC(CCN)C2)c(C)nn1. The lowest BCUT2D eigenvalue weighted by atomic mass is 9.94. The van der Waals surface area contributed by atoms with Gasteiger partial charge in [0.05, 0.1) is 17.0 Å². The van der Waals surface area contributed by atoms with Crippen molar-refractivity contribution in [3.8, 4) is 0 Å². The van der Waals surface area contributed by atoms with Crippen molar-refractivity contribution in [2.75, 3.05) is 19.6 Å². The van der Waals surface area contributed by atoms with Gasteiger partial charge < -0.3 is 10.6 Å². The molecule has 2 rings (SSSR count). The maximum absolute atomic E-state index is 12.5. The van der Waals surface area contributed by atoms with Crippen molar-refractivity contribution in [1.29, 1.82) is 0 Å². The summed E-state index contributed by atoms with van der Waals surface area (Å²) in [4.78, 5) is 14.5. The number of likely N-dealkylation sites (tertiary alicyclic amines) is 1. The maximum Gasteiger partial charge on any atom is 0.255 e. The van der Waals surface area contributed by atoms with E-state index < -0.39 is 0 Å². The van der Waals surface area contributed by atoms with Crippen LogP contribution in [0.1, 0.15) is 41.0 Å². The second-order valence-electron chi connectivity index (χ2n) is 5.32. The van der Waals surface area contributed by atoms with Gasteiger partial charge in [0, 0.05) is 13.1 Å². The van der Waals surface area contributed by atoms with E-state index in [2.05, 4.69) is 10.2 Å². The molecule has 1 fully saturated rings. The fourth-order valence-electron chi connectivity index (χ4n) is 2.66. The van der Waals surface area contributed by atoms with Crippen LogP contribution >= 0.6 is 0 Å². The molecule has 1 saturated heterocycles. The zero-order chi connectivity index (χ0) is 13.8. The molecule has 2 N–H and O–H groups in total. The molecule has 1 unspecified atom stereocenters. The summed E-state index contributed by atoms with van der Waals surface area (Å²) in [7, 11) is 0. The average Bonchev–Trinajstić information content (AvgIpc) is 2.41. The minimum Gasteiger partial charge on any atom is -0.338 e. The minimum absolute atomic E-state index is 0.0808. The van der Waals surface area contributed by atoms with E-state index in [1.807, 2.05) is 24.8 Å². The van der Waals surface area contributed by atoms with E-state index >= 15 is 0 Å². The lowest BCUT2D eigenvalue weighted by Crippen LogP contribution is -2.40. The highest BCUT2D eigenvalue weighted by Crippen LogP contribution is 2.21. The van der Waals surface area contributed by atoms with Crippen molar-refractivity contribution in [1.82, 2.24) is 15.1 Å². The molecule has 0 aliphatic carbocycles. The Kier molecular flexibility index (Phi) is 4.47. The summed E-state index contributed by atoms with van der Waals surface area (Å²) < 4.78 is 0. The number of rotatable bonds is 3. The smallest absolute Gasteiger partial charge is 0.255 e. The number of carbonyl (C=O) groups is 1. The number of nitrogens with zero attached hydrogens (tertiary/aromatic N) is 3. The number of aryl methyl sites for hydroxylation is 2. The number of aromatic nitrogens is 2. The van der Waals surface area contributed by atoms with E-state index in [1.165, 1.54) is 6.42 Å². The van der Waals surface area contributed by atoms with Gasteiger partial charge in [-0.05, 0) is 51.6 Å². The Morgan fingerprint density at radius 1 is 1.47 bits per heavy atom. The summed E-state index contributed by atoms with van der Waals surface area (Å²) in [6.45, 7) is 6.04. The summed E-state index contributed by atoms with van der Waals surface area (Å²) in [5.41, 5.74) is 7.78. The van der Waals surface area contributed by atoms with Gasteiger partial charge in [-0.3, -0.25) is 4.79 Å². The standard InChI is InChI=1S/C14H22N4O/c1-10-8-13(11(2)17-16-10)14(19)18-7-3-4-12(9-18)5-6-15/h8,12H,3-7,9,15H2,1-2H3. The number of hydrogen-bond donors (Lipinski definition) is 1. The van der Waals surface area contributed by atoms with Crippen LogP contribution in [-0.2, 0) is 0 Å². The number of hydrogen-bond acceptors (Lipinski definition) is 4. The van der Waals surface area contributed by atoms with Crippen molar-refractivity contribution in [3.63, 3.8) is 0 Å². The molecular weight excluding hydrogens is 240 g/mol. The lowest BCUT2D eigenvalue weighted by molar-refractivity contribution is 0.0668. The van der Waals surface area contributed by atoms with E-state index in [1.54, 1.807) is 0 Å². The fourth-order valence-corrected chi connectivity index (χ4v) is 2.66. The summed E-state index contributed by atoms with van der Waals surface area (Å²) in [6.07, 6.45) is 3.23. The van der Waals surface area contributed by atoms with Gasteiger partial charge >= 0.3 is 0 Å². The summed E-state index contributed by atoms with van der Waals surface area (Å²) >= 11 is 0. The summed E-state index contributed by atoms with van der Waals surface area (Å²) in [6, 6.07) is 1.83. The average molecular weight is 262 g/mol. The van der Waals surface area contributed by atoms with Crippen molar-refractivity contribution >= 4 is 5.91 Å². The van der Waals surface area contributed by atoms with E-state index in [-0.39, 0.29) is 5.91 Å². The van der Waals surface area contributed by atoms with Gasteiger partial charge in [0.2, 0.25) is 0 Å². The normalized spacial score (nSPS) is 19.5. The zero-order valence-electron chi connectivity index (χ0n) is 11.7. The van der Waals surface area contributed by atoms with Crippen molar-refractivity contribution in [2.45, 2.75) is 33.1 Å². The summed E-state index contributed by atoms with van der Waals surface area (Å²) in [5.74, 6) is 0.621. The van der Waals surface area contributed by atoms with Crippen LogP contribution in [0.25, 0.3) is 0 Å². The molecule has 1 aromatic rings. The lowest BCUT2D eigenvalue weighted by Gasteiger charge is -2.33. The Bertz CT molecular complexity index is 459. The molecule has 1 aliphatic rings. The summed E-state index contributed by atoms with van der Waals surface area (Å²) in [5, 5.41) is 8.01. The van der Waals surface area contributed by atoms with Crippen LogP contribution in [0.15, 0.2) is 6.07 Å². The Morgan fingerprint density at radius 2 is 2.26 bits per heavy atom. The highest BCUT2D eigenvalue weighted by molar-refractivity contribution is 5.95. The molecule has 1 amide bonds. The van der Waals surface area contributed by atoms with Crippen LogP contribution in [0.5, 0.6) is 0 Å². The molecule has 2 heterocycles. The third-order valence-corrected chi connectivity index (χ3v) is 3.71. The first-order chi connectivity index (χ1) is 9.11. The van der Waals surface area contributed by atoms with Crippen molar-refractivity contribution in [3.05, 3.63) is 23.0 Å². The first-order valence-electron chi connectivity index (χ1n) is 6.92. The Hall–Kier alpha value is -1.49. The van der Waals surface area contributed by atoms with Crippen LogP contribution in [0.3, 0.4) is 0 Å². The van der Waals surface area contributed by atoms with Gasteiger partial charge in [0.15, 0.2) is 0 Å². The van der Waals surface area contributed by atoms with Gasteiger partial charge in [-0.1, -0.05) is 0 Å². The third-order valence-electron chi connectivity index (χ3n) is 3.71. The molecule has 1 aromatic heterocycles. The fraction of sp³-hybridized carbons (Fsp3) is 0.643. The van der Waals surface area contributed by atoms with E-state index in [0.29, 0.717) is 23.7 Å². The van der Waals surface area contributed by atoms with Crippen LogP contribution in [0, 0.1) is 19.8 Å². The first kappa shape index (κ1) is 13.9. The highest BCUT2D eigenvalue weighted by atomic mass is 16.2. The zero-order valence-corrected chi connectivity index (χ0v) is 11.7. The topological polar surface area (TPSA) is 72.1 Å². The van der Waals surface area contributed by atoms with E-state index in [9.17, 15) is 4.79 Å². The van der Waals surface area contributed by atoms with Crippen LogP contribution in [0.2, 0.25) is 0 Å². The van der Waals surface area contributed by atoms with Crippen LogP contribution in [-0.4, -0.2) is 40.6 Å². The molecule has 5 heteroatoms. The first-order valence-corrected chi connectivity index (χ1v) is 6.92. The van der Waals surface area contributed by atoms with Crippen LogP contribution < -0.4 is 5.73 Å². The largest absolute Gasteiger partial charge is 0.338 e. The molecule has 0 radical (unpaired) electrons. The van der Waals surface area contributed by atoms with Crippen molar-refractivity contribution in [2.24, 2.45) is 11.7 Å². The van der Waals surface area contributed by atoms with Crippen LogP contribution in [0.4, 0.5) is 0 Å². The van der Waals surface area contributed by atoms with Gasteiger partial charge in [-0.15, -0.1) is 0 Å². The molecule has 1 aliphatic heterocycles. The predicted molar refractivity (Wildman–Crippen MR) is 73.8 cm³/mol. The Balaban J connectivity index is 2.12. The molecular formula is C14H22N4O. The molecule has 0 spiro atoms. The van der Waals surface area contributed by atoms with E-state index in [4.69, 9.17) is 5.73 Å². The number of nitrogens with two attached hydrogens (primary N) is 1. The molecule has 1 atom stereocenters. The highest BCUT2D eigenvalue weighted by Gasteiger charge is 2.25. The molecule has 5 nitrogen and oxygen atoms in total. The number of piperidine rings is 1.